The Morgan fingerprint density at radius 3 is 2.25 bits per heavy atom. The van der Waals surface area contributed by atoms with Crippen molar-refractivity contribution in [1.82, 2.24) is 5.32 Å². The van der Waals surface area contributed by atoms with Gasteiger partial charge in [0.1, 0.15) is 0 Å². The van der Waals surface area contributed by atoms with Gasteiger partial charge in [0, 0.05) is 12.1 Å². The quantitative estimate of drug-likeness (QED) is 0.774. The van der Waals surface area contributed by atoms with Gasteiger partial charge in [0.25, 0.3) is 0 Å². The summed E-state index contributed by atoms with van der Waals surface area (Å²) in [6.07, 6.45) is 1.03. The first-order valence-corrected chi connectivity index (χ1v) is 6.10. The highest BCUT2D eigenvalue weighted by Gasteiger charge is 2.17. The maximum atomic E-state index is 9.33. The maximum Gasteiger partial charge on any atom is 0.0587 e. The van der Waals surface area contributed by atoms with Crippen molar-refractivity contribution in [1.29, 1.82) is 0 Å². The van der Waals surface area contributed by atoms with E-state index in [1.807, 2.05) is 6.07 Å². The van der Waals surface area contributed by atoms with Gasteiger partial charge < -0.3 is 10.4 Å². The normalized spacial score (nSPS) is 15.1. The van der Waals surface area contributed by atoms with Crippen LogP contribution in [0.1, 0.15) is 38.8 Å². The molecule has 0 amide bonds. The van der Waals surface area contributed by atoms with Crippen molar-refractivity contribution < 1.29 is 5.11 Å². The van der Waals surface area contributed by atoms with Crippen molar-refractivity contribution in [3.05, 3.63) is 35.9 Å². The van der Waals surface area contributed by atoms with Gasteiger partial charge in [-0.15, -0.1) is 0 Å². The monoisotopic (exact) mass is 221 g/mol. The van der Waals surface area contributed by atoms with Crippen molar-refractivity contribution in [3.63, 3.8) is 0 Å². The highest BCUT2D eigenvalue weighted by molar-refractivity contribution is 5.18. The van der Waals surface area contributed by atoms with E-state index in [0.717, 1.165) is 6.42 Å². The maximum absolute atomic E-state index is 9.33. The van der Waals surface area contributed by atoms with Crippen molar-refractivity contribution in [2.24, 2.45) is 5.92 Å². The zero-order valence-corrected chi connectivity index (χ0v) is 10.5. The number of aliphatic hydroxyl groups is 1. The summed E-state index contributed by atoms with van der Waals surface area (Å²) in [4.78, 5) is 0. The van der Waals surface area contributed by atoms with Crippen LogP contribution in [0.2, 0.25) is 0 Å². The van der Waals surface area contributed by atoms with Gasteiger partial charge in [0.05, 0.1) is 6.61 Å². The lowest BCUT2D eigenvalue weighted by molar-refractivity contribution is 0.198. The van der Waals surface area contributed by atoms with E-state index in [4.69, 9.17) is 0 Å². The lowest BCUT2D eigenvalue weighted by Gasteiger charge is -2.26. The van der Waals surface area contributed by atoms with E-state index >= 15 is 0 Å². The fourth-order valence-corrected chi connectivity index (χ4v) is 1.85. The van der Waals surface area contributed by atoms with Crippen LogP contribution in [0.15, 0.2) is 30.3 Å². The van der Waals surface area contributed by atoms with Crippen LogP contribution in [0.3, 0.4) is 0 Å². The molecule has 0 saturated heterocycles. The molecule has 2 atom stereocenters. The number of aliphatic hydroxyl groups excluding tert-OH is 1. The van der Waals surface area contributed by atoms with E-state index in [1.165, 1.54) is 5.56 Å². The Hall–Kier alpha value is -0.860. The average Bonchev–Trinajstić information content (AvgIpc) is 2.31. The van der Waals surface area contributed by atoms with Crippen LogP contribution in [0.5, 0.6) is 0 Å². The summed E-state index contributed by atoms with van der Waals surface area (Å²) in [6.45, 7) is 6.62. The van der Waals surface area contributed by atoms with Gasteiger partial charge in [-0.3, -0.25) is 0 Å². The van der Waals surface area contributed by atoms with E-state index in [1.54, 1.807) is 0 Å². The molecule has 90 valence electrons. The van der Waals surface area contributed by atoms with Crippen LogP contribution >= 0.6 is 0 Å². The van der Waals surface area contributed by atoms with E-state index in [2.05, 4.69) is 50.4 Å². The Kier molecular flexibility index (Phi) is 5.50. The van der Waals surface area contributed by atoms with E-state index in [-0.39, 0.29) is 12.6 Å². The smallest absolute Gasteiger partial charge is 0.0587 e. The number of benzene rings is 1. The van der Waals surface area contributed by atoms with Crippen molar-refractivity contribution in [2.45, 2.75) is 39.3 Å². The lowest BCUT2D eigenvalue weighted by Crippen LogP contribution is -2.39. The van der Waals surface area contributed by atoms with Crippen LogP contribution in [-0.2, 0) is 0 Å². The highest BCUT2D eigenvalue weighted by Crippen LogP contribution is 2.18. The molecule has 1 aromatic rings. The second-order valence-corrected chi connectivity index (χ2v) is 4.57. The Morgan fingerprint density at radius 1 is 1.19 bits per heavy atom. The third kappa shape index (κ3) is 3.62. The molecule has 0 heterocycles. The zero-order chi connectivity index (χ0) is 12.0. The van der Waals surface area contributed by atoms with Gasteiger partial charge in [-0.2, -0.15) is 0 Å². The minimum absolute atomic E-state index is 0.171. The standard InChI is InChI=1S/C14H23NO/c1-4-13(12-8-6-5-7-9-12)15-14(10-16)11(2)3/h5-9,11,13-16H,4,10H2,1-3H3/t13?,14-/m1/s1. The third-order valence-electron chi connectivity index (χ3n) is 3.03. The summed E-state index contributed by atoms with van der Waals surface area (Å²) < 4.78 is 0. The van der Waals surface area contributed by atoms with Gasteiger partial charge in [-0.1, -0.05) is 51.1 Å². The van der Waals surface area contributed by atoms with Crippen molar-refractivity contribution in [2.75, 3.05) is 6.61 Å². The molecule has 0 spiro atoms. The predicted molar refractivity (Wildman–Crippen MR) is 68.3 cm³/mol. The van der Waals surface area contributed by atoms with Gasteiger partial charge in [-0.05, 0) is 17.9 Å². The summed E-state index contributed by atoms with van der Waals surface area (Å²) in [5, 5.41) is 12.8. The second kappa shape index (κ2) is 6.66. The molecule has 1 rings (SSSR count). The molecule has 0 radical (unpaired) electrons. The average molecular weight is 221 g/mol. The van der Waals surface area contributed by atoms with E-state index in [0.29, 0.717) is 12.0 Å². The number of hydrogen-bond donors (Lipinski definition) is 2. The molecule has 1 unspecified atom stereocenters. The molecular weight excluding hydrogens is 198 g/mol. The van der Waals surface area contributed by atoms with E-state index in [9.17, 15) is 5.11 Å². The van der Waals surface area contributed by atoms with Crippen LogP contribution < -0.4 is 5.32 Å². The predicted octanol–water partition coefficient (Wildman–Crippen LogP) is 2.74. The molecule has 2 nitrogen and oxygen atoms in total. The lowest BCUT2D eigenvalue weighted by atomic mass is 9.99. The summed E-state index contributed by atoms with van der Waals surface area (Å²) in [7, 11) is 0. The molecular formula is C14H23NO. The van der Waals surface area contributed by atoms with Gasteiger partial charge in [-0.25, -0.2) is 0 Å². The number of rotatable bonds is 6. The van der Waals surface area contributed by atoms with E-state index < -0.39 is 0 Å². The summed E-state index contributed by atoms with van der Waals surface area (Å²) >= 11 is 0. The van der Waals surface area contributed by atoms with Crippen LogP contribution in [0.25, 0.3) is 0 Å². The molecule has 0 bridgehead atoms. The van der Waals surface area contributed by atoms with Gasteiger partial charge in [0.2, 0.25) is 0 Å². The summed E-state index contributed by atoms with van der Waals surface area (Å²) in [5.41, 5.74) is 1.30. The minimum Gasteiger partial charge on any atom is -0.395 e. The Morgan fingerprint density at radius 2 is 1.81 bits per heavy atom. The van der Waals surface area contributed by atoms with Gasteiger partial charge >= 0.3 is 0 Å². The molecule has 16 heavy (non-hydrogen) atoms. The van der Waals surface area contributed by atoms with Crippen molar-refractivity contribution >= 4 is 0 Å². The third-order valence-corrected chi connectivity index (χ3v) is 3.03. The Labute approximate surface area is 98.7 Å². The fourth-order valence-electron chi connectivity index (χ4n) is 1.85. The molecule has 1 aromatic carbocycles. The fraction of sp³-hybridized carbons (Fsp3) is 0.571. The Bertz CT molecular complexity index is 284. The molecule has 0 aromatic heterocycles. The molecule has 0 aliphatic carbocycles. The molecule has 0 aliphatic rings. The van der Waals surface area contributed by atoms with Crippen LogP contribution in [-0.4, -0.2) is 17.8 Å². The first kappa shape index (κ1) is 13.2. The minimum atomic E-state index is 0.171. The summed E-state index contributed by atoms with van der Waals surface area (Å²) in [6, 6.07) is 10.9. The van der Waals surface area contributed by atoms with Crippen molar-refractivity contribution in [3.8, 4) is 0 Å². The molecule has 0 fully saturated rings. The largest absolute Gasteiger partial charge is 0.395 e. The molecule has 0 saturated carbocycles. The topological polar surface area (TPSA) is 32.3 Å². The summed E-state index contributed by atoms with van der Waals surface area (Å²) in [5.74, 6) is 0.447. The second-order valence-electron chi connectivity index (χ2n) is 4.57. The van der Waals surface area contributed by atoms with Crippen LogP contribution in [0.4, 0.5) is 0 Å². The zero-order valence-electron chi connectivity index (χ0n) is 10.5. The SMILES string of the molecule is CCC(N[C@H](CO)C(C)C)c1ccccc1. The first-order chi connectivity index (χ1) is 7.69. The molecule has 2 N–H and O–H groups in total. The highest BCUT2D eigenvalue weighted by atomic mass is 16.3. The molecule has 2 heteroatoms. The first-order valence-electron chi connectivity index (χ1n) is 6.10. The Balaban J connectivity index is 2.68. The molecule has 0 aliphatic heterocycles. The number of nitrogens with one attached hydrogen (secondary N) is 1. The van der Waals surface area contributed by atoms with Gasteiger partial charge in [0.15, 0.2) is 0 Å². The number of hydrogen-bond acceptors (Lipinski definition) is 2. The van der Waals surface area contributed by atoms with Crippen LogP contribution in [0, 0.1) is 5.92 Å².